The predicted octanol–water partition coefficient (Wildman–Crippen LogP) is 2.67. The number of nitrogens with zero attached hydrogens (tertiary/aromatic N) is 1. The first-order chi connectivity index (χ1) is 9.23. The lowest BCUT2D eigenvalue weighted by atomic mass is 10.0. The van der Waals surface area contributed by atoms with Crippen LogP contribution in [0, 0.1) is 0 Å². The van der Waals surface area contributed by atoms with Crippen LogP contribution in [0.3, 0.4) is 0 Å². The summed E-state index contributed by atoms with van der Waals surface area (Å²) in [4.78, 5) is 14.7. The lowest BCUT2D eigenvalue weighted by Gasteiger charge is -2.18. The highest BCUT2D eigenvalue weighted by Crippen LogP contribution is 2.39. The van der Waals surface area contributed by atoms with Crippen molar-refractivity contribution in [3.05, 3.63) is 28.6 Å². The Morgan fingerprint density at radius 2 is 2.05 bits per heavy atom. The molecular weight excluding hydrogens is 287 g/mol. The number of aromatic nitrogens is 1. The molecule has 0 aliphatic rings. The molecule has 0 aliphatic carbocycles. The van der Waals surface area contributed by atoms with E-state index in [1.807, 2.05) is 0 Å². The molecule has 0 saturated heterocycles. The van der Waals surface area contributed by atoms with E-state index in [0.29, 0.717) is 0 Å². The molecule has 1 rings (SSSR count). The van der Waals surface area contributed by atoms with Crippen molar-refractivity contribution in [3.8, 4) is 0 Å². The Balaban J connectivity index is 3.65. The van der Waals surface area contributed by atoms with E-state index >= 15 is 0 Å². The number of esters is 1. The van der Waals surface area contributed by atoms with Crippen LogP contribution in [0.25, 0.3) is 0 Å². The molecule has 1 aromatic rings. The maximum atomic E-state index is 13.0. The van der Waals surface area contributed by atoms with E-state index in [4.69, 9.17) is 5.73 Å². The van der Waals surface area contributed by atoms with E-state index in [-0.39, 0.29) is 12.2 Å². The van der Waals surface area contributed by atoms with Gasteiger partial charge in [-0.25, -0.2) is 13.6 Å². The van der Waals surface area contributed by atoms with E-state index in [9.17, 15) is 26.7 Å². The number of alkyl halides is 5. The lowest BCUT2D eigenvalue weighted by Crippen LogP contribution is -2.22. The minimum absolute atomic E-state index is 0.202. The fourth-order valence-corrected chi connectivity index (χ4v) is 1.61. The average Bonchev–Trinajstić information content (AvgIpc) is 2.35. The Hall–Kier alpha value is -1.77. The second-order valence-electron chi connectivity index (χ2n) is 3.64. The maximum absolute atomic E-state index is 13.0. The van der Waals surface area contributed by atoms with Gasteiger partial charge in [0, 0.05) is 12.7 Å². The van der Waals surface area contributed by atoms with Gasteiger partial charge in [0.1, 0.15) is 5.69 Å². The van der Waals surface area contributed by atoms with Crippen molar-refractivity contribution in [3.63, 3.8) is 0 Å². The van der Waals surface area contributed by atoms with Crippen molar-refractivity contribution in [1.82, 2.24) is 4.98 Å². The van der Waals surface area contributed by atoms with Gasteiger partial charge in [-0.2, -0.15) is 13.2 Å². The molecule has 0 fully saturated rings. The molecule has 1 heterocycles. The van der Waals surface area contributed by atoms with Crippen LogP contribution in [0.5, 0.6) is 0 Å². The van der Waals surface area contributed by atoms with Crippen LogP contribution in [0.1, 0.15) is 40.5 Å². The largest absolute Gasteiger partial charge is 0.462 e. The Kier molecular flexibility index (Phi) is 4.98. The quantitative estimate of drug-likeness (QED) is 0.685. The third-order valence-electron chi connectivity index (χ3n) is 2.38. The molecule has 0 bridgehead atoms. The Labute approximate surface area is 110 Å². The van der Waals surface area contributed by atoms with Gasteiger partial charge in [0.05, 0.1) is 17.7 Å². The first-order valence-corrected chi connectivity index (χ1v) is 5.48. The van der Waals surface area contributed by atoms with Crippen LogP contribution in [0.4, 0.5) is 22.0 Å². The second-order valence-corrected chi connectivity index (χ2v) is 3.64. The molecule has 0 atom stereocenters. The number of hydrogen-bond donors (Lipinski definition) is 1. The van der Waals surface area contributed by atoms with Crippen molar-refractivity contribution in [2.24, 2.45) is 5.73 Å². The minimum Gasteiger partial charge on any atom is -0.462 e. The van der Waals surface area contributed by atoms with Gasteiger partial charge >= 0.3 is 12.1 Å². The van der Waals surface area contributed by atoms with Gasteiger partial charge in [-0.1, -0.05) is 0 Å². The van der Waals surface area contributed by atoms with Crippen molar-refractivity contribution < 1.29 is 31.5 Å². The molecule has 1 aromatic heterocycles. The molecular formula is C11H11F5N2O2. The Morgan fingerprint density at radius 1 is 1.45 bits per heavy atom. The standard InChI is InChI=1S/C11H11F5N2O2/c1-2-20-10(19)6-5(3-17)4-18-8(9(12)13)7(6)11(14,15)16/h4,9H,2-3,17H2,1H3. The van der Waals surface area contributed by atoms with E-state index in [1.165, 1.54) is 6.92 Å². The van der Waals surface area contributed by atoms with Crippen LogP contribution in [-0.4, -0.2) is 17.6 Å². The molecule has 2 N–H and O–H groups in total. The van der Waals surface area contributed by atoms with Gasteiger partial charge in [0.2, 0.25) is 0 Å². The summed E-state index contributed by atoms with van der Waals surface area (Å²) >= 11 is 0. The highest BCUT2D eigenvalue weighted by molar-refractivity contribution is 5.93. The Bertz CT molecular complexity index is 502. The molecule has 0 amide bonds. The van der Waals surface area contributed by atoms with Gasteiger partial charge < -0.3 is 10.5 Å². The van der Waals surface area contributed by atoms with E-state index in [0.717, 1.165) is 6.20 Å². The summed E-state index contributed by atoms with van der Waals surface area (Å²) in [5, 5.41) is 0. The first-order valence-electron chi connectivity index (χ1n) is 5.48. The minimum atomic E-state index is -5.17. The zero-order valence-electron chi connectivity index (χ0n) is 10.3. The zero-order valence-corrected chi connectivity index (χ0v) is 10.3. The molecule has 0 radical (unpaired) electrons. The number of hydrogen-bond acceptors (Lipinski definition) is 4. The molecule has 0 aromatic carbocycles. The van der Waals surface area contributed by atoms with E-state index in [1.54, 1.807) is 0 Å². The van der Waals surface area contributed by atoms with E-state index in [2.05, 4.69) is 9.72 Å². The highest BCUT2D eigenvalue weighted by atomic mass is 19.4. The van der Waals surface area contributed by atoms with Gasteiger partial charge in [-0.05, 0) is 12.5 Å². The molecule has 112 valence electrons. The van der Waals surface area contributed by atoms with Crippen molar-refractivity contribution in [2.75, 3.05) is 6.61 Å². The Morgan fingerprint density at radius 3 is 2.45 bits per heavy atom. The van der Waals surface area contributed by atoms with Gasteiger partial charge in [0.25, 0.3) is 6.43 Å². The molecule has 0 spiro atoms. The number of halogens is 5. The number of carbonyl (C=O) groups is 1. The number of ether oxygens (including phenoxy) is 1. The van der Waals surface area contributed by atoms with Gasteiger partial charge in [-0.3, -0.25) is 4.98 Å². The topological polar surface area (TPSA) is 65.2 Å². The zero-order chi connectivity index (χ0) is 15.5. The molecule has 9 heteroatoms. The SMILES string of the molecule is CCOC(=O)c1c(CN)cnc(C(F)F)c1C(F)(F)F. The predicted molar refractivity (Wildman–Crippen MR) is 58.0 cm³/mol. The third-order valence-corrected chi connectivity index (χ3v) is 2.38. The number of carbonyl (C=O) groups excluding carboxylic acids is 1. The van der Waals surface area contributed by atoms with E-state index < -0.39 is 41.9 Å². The first kappa shape index (κ1) is 16.3. The normalized spacial score (nSPS) is 11.8. The number of pyridine rings is 1. The van der Waals surface area contributed by atoms with Gasteiger partial charge in [-0.15, -0.1) is 0 Å². The monoisotopic (exact) mass is 298 g/mol. The molecule has 0 aliphatic heterocycles. The maximum Gasteiger partial charge on any atom is 0.419 e. The van der Waals surface area contributed by atoms with Crippen molar-refractivity contribution >= 4 is 5.97 Å². The fraction of sp³-hybridized carbons (Fsp3) is 0.455. The fourth-order valence-electron chi connectivity index (χ4n) is 1.61. The summed E-state index contributed by atoms with van der Waals surface area (Å²) in [5.41, 5.74) is 0.594. The van der Waals surface area contributed by atoms with Crippen LogP contribution < -0.4 is 5.73 Å². The third kappa shape index (κ3) is 3.21. The van der Waals surface area contributed by atoms with Crippen LogP contribution in [0.2, 0.25) is 0 Å². The smallest absolute Gasteiger partial charge is 0.419 e. The molecule has 0 saturated carbocycles. The van der Waals surface area contributed by atoms with Crippen molar-refractivity contribution in [2.45, 2.75) is 26.1 Å². The van der Waals surface area contributed by atoms with Crippen molar-refractivity contribution in [1.29, 1.82) is 0 Å². The van der Waals surface area contributed by atoms with Crippen LogP contribution in [0.15, 0.2) is 6.20 Å². The number of rotatable bonds is 4. The number of nitrogens with two attached hydrogens (primary N) is 1. The van der Waals surface area contributed by atoms with Crippen LogP contribution in [-0.2, 0) is 17.5 Å². The highest BCUT2D eigenvalue weighted by Gasteiger charge is 2.42. The average molecular weight is 298 g/mol. The summed E-state index contributed by atoms with van der Waals surface area (Å²) in [6.45, 7) is 0.711. The molecule has 20 heavy (non-hydrogen) atoms. The summed E-state index contributed by atoms with van der Waals surface area (Å²) in [6.07, 6.45) is -7.93. The van der Waals surface area contributed by atoms with Crippen LogP contribution >= 0.6 is 0 Å². The summed E-state index contributed by atoms with van der Waals surface area (Å²) in [6, 6.07) is 0. The summed E-state index contributed by atoms with van der Waals surface area (Å²) in [7, 11) is 0. The molecule has 4 nitrogen and oxygen atoms in total. The lowest BCUT2D eigenvalue weighted by molar-refractivity contribution is -0.140. The second kappa shape index (κ2) is 6.12. The summed E-state index contributed by atoms with van der Waals surface area (Å²) < 4.78 is 68.7. The van der Waals surface area contributed by atoms with Gasteiger partial charge in [0.15, 0.2) is 0 Å². The molecule has 0 unspecified atom stereocenters. The summed E-state index contributed by atoms with van der Waals surface area (Å²) in [5.74, 6) is -1.36.